The van der Waals surface area contributed by atoms with Gasteiger partial charge in [-0.15, -0.1) is 9.90 Å². The summed E-state index contributed by atoms with van der Waals surface area (Å²) >= 11 is 0. The number of hydrogen-bond acceptors (Lipinski definition) is 11. The summed E-state index contributed by atoms with van der Waals surface area (Å²) in [5.74, 6) is -1.52. The number of hydrogen-bond donors (Lipinski definition) is 1. The molecule has 1 atom stereocenters. The molecule has 1 heterocycles. The molecule has 0 bridgehead atoms. The Bertz CT molecular complexity index is 1160. The van der Waals surface area contributed by atoms with E-state index in [1.54, 1.807) is 0 Å². The second kappa shape index (κ2) is 11.5. The molecule has 0 amide bonds. The molecule has 1 aliphatic carbocycles. The van der Waals surface area contributed by atoms with Gasteiger partial charge in [-0.2, -0.15) is 5.10 Å². The molecule has 14 heteroatoms. The Morgan fingerprint density at radius 2 is 1.78 bits per heavy atom. The quantitative estimate of drug-likeness (QED) is 0.215. The molecule has 3 rings (SSSR count). The van der Waals surface area contributed by atoms with Crippen LogP contribution in [0.1, 0.15) is 66.9 Å². The van der Waals surface area contributed by atoms with Crippen LogP contribution in [0.5, 0.6) is 11.5 Å². The number of carbonyl (C=O) groups excluding carboxylic acids is 2. The van der Waals surface area contributed by atoms with Crippen molar-refractivity contribution in [3.63, 3.8) is 0 Å². The number of carbonyl (C=O) groups is 3. The highest BCUT2D eigenvalue weighted by atomic mass is 16.7. The zero-order valence-electron chi connectivity index (χ0n) is 20.0. The maximum absolute atomic E-state index is 13.4. The van der Waals surface area contributed by atoms with Crippen molar-refractivity contribution in [3.8, 4) is 11.5 Å². The molecule has 194 valence electrons. The summed E-state index contributed by atoms with van der Waals surface area (Å²) in [5, 5.41) is 28.8. The minimum absolute atomic E-state index is 0.0295. The van der Waals surface area contributed by atoms with Gasteiger partial charge in [0.1, 0.15) is 17.4 Å². The van der Waals surface area contributed by atoms with Crippen LogP contribution in [-0.4, -0.2) is 57.2 Å². The summed E-state index contributed by atoms with van der Waals surface area (Å²) in [5.41, 5.74) is -1.60. The van der Waals surface area contributed by atoms with Crippen LogP contribution in [0.4, 0.5) is 10.5 Å². The average Bonchev–Trinajstić information content (AvgIpc) is 3.30. The standard InChI is InChI=1S/C22H26N4O10/c1-12(36-22(29)30)18-19(24-25(23-18)11-35-21(28)13-7-5-4-6-8-13)20(27)14-9-16(33-2)17(34-3)10-15(14)26(31)32/h9-10,12-13H,4-8,11H2,1-3H3,(H,29,30). The van der Waals surface area contributed by atoms with Crippen LogP contribution in [0.15, 0.2) is 12.1 Å². The summed E-state index contributed by atoms with van der Waals surface area (Å²) in [6.45, 7) is 0.875. The van der Waals surface area contributed by atoms with Gasteiger partial charge in [0.05, 0.1) is 31.1 Å². The zero-order valence-corrected chi connectivity index (χ0v) is 20.0. The third kappa shape index (κ3) is 5.87. The van der Waals surface area contributed by atoms with Gasteiger partial charge in [-0.25, -0.2) is 4.79 Å². The monoisotopic (exact) mass is 506 g/mol. The molecule has 1 saturated carbocycles. The van der Waals surface area contributed by atoms with Crippen LogP contribution in [0.25, 0.3) is 0 Å². The van der Waals surface area contributed by atoms with Gasteiger partial charge in [0.25, 0.3) is 5.69 Å². The number of esters is 1. The van der Waals surface area contributed by atoms with Gasteiger partial charge in [0.2, 0.25) is 12.5 Å². The fraction of sp³-hybridized carbons (Fsp3) is 0.500. The SMILES string of the molecule is COc1cc(C(=O)c2nn(COC(=O)C3CCCCC3)nc2C(C)OC(=O)O)c([N+](=O)[O-])cc1OC. The van der Waals surface area contributed by atoms with E-state index in [2.05, 4.69) is 10.2 Å². The Hall–Kier alpha value is -4.23. The van der Waals surface area contributed by atoms with Gasteiger partial charge in [-0.05, 0) is 19.8 Å². The summed E-state index contributed by atoms with van der Waals surface area (Å²) in [6, 6.07) is 2.15. The molecule has 0 saturated heterocycles. The largest absolute Gasteiger partial charge is 0.506 e. The van der Waals surface area contributed by atoms with Gasteiger partial charge < -0.3 is 24.1 Å². The number of ether oxygens (including phenoxy) is 4. The molecule has 36 heavy (non-hydrogen) atoms. The molecule has 0 radical (unpaired) electrons. The molecule has 1 aromatic carbocycles. The van der Waals surface area contributed by atoms with E-state index in [9.17, 15) is 24.5 Å². The van der Waals surface area contributed by atoms with Crippen LogP contribution < -0.4 is 9.47 Å². The second-order valence-electron chi connectivity index (χ2n) is 8.07. The molecule has 0 aliphatic heterocycles. The number of methoxy groups -OCH3 is 2. The van der Waals surface area contributed by atoms with Crippen molar-refractivity contribution in [1.82, 2.24) is 15.0 Å². The van der Waals surface area contributed by atoms with Crippen molar-refractivity contribution in [2.24, 2.45) is 5.92 Å². The highest BCUT2D eigenvalue weighted by Crippen LogP contribution is 2.36. The second-order valence-corrected chi connectivity index (χ2v) is 8.07. The number of nitro benzene ring substituents is 1. The van der Waals surface area contributed by atoms with Crippen molar-refractivity contribution >= 4 is 23.6 Å². The fourth-order valence-corrected chi connectivity index (χ4v) is 3.97. The van der Waals surface area contributed by atoms with Crippen LogP contribution in [0.3, 0.4) is 0 Å². The Balaban J connectivity index is 1.97. The lowest BCUT2D eigenvalue weighted by Crippen LogP contribution is -2.22. The number of aromatic nitrogens is 3. The molecule has 1 N–H and O–H groups in total. The van der Waals surface area contributed by atoms with Crippen molar-refractivity contribution in [2.75, 3.05) is 14.2 Å². The van der Waals surface area contributed by atoms with E-state index in [4.69, 9.17) is 24.1 Å². The predicted molar refractivity (Wildman–Crippen MR) is 120 cm³/mol. The third-order valence-corrected chi connectivity index (χ3v) is 5.76. The maximum Gasteiger partial charge on any atom is 0.506 e. The number of rotatable bonds is 10. The first-order valence-electron chi connectivity index (χ1n) is 11.1. The van der Waals surface area contributed by atoms with Gasteiger partial charge in [0.15, 0.2) is 17.2 Å². The van der Waals surface area contributed by atoms with Gasteiger partial charge in [0, 0.05) is 6.07 Å². The molecular formula is C22H26N4O10. The molecular weight excluding hydrogens is 480 g/mol. The Labute approximate surface area is 205 Å². The summed E-state index contributed by atoms with van der Waals surface area (Å²) in [6.07, 6.45) is 1.45. The predicted octanol–water partition coefficient (Wildman–Crippen LogP) is 3.27. The average molecular weight is 506 g/mol. The van der Waals surface area contributed by atoms with Gasteiger partial charge >= 0.3 is 12.1 Å². The summed E-state index contributed by atoms with van der Waals surface area (Å²) in [4.78, 5) is 48.7. The van der Waals surface area contributed by atoms with Gasteiger partial charge in [-0.1, -0.05) is 19.3 Å². The number of ketones is 1. The number of nitrogens with zero attached hydrogens (tertiary/aromatic N) is 4. The van der Waals surface area contributed by atoms with E-state index < -0.39 is 52.6 Å². The van der Waals surface area contributed by atoms with E-state index in [-0.39, 0.29) is 23.1 Å². The molecule has 14 nitrogen and oxygen atoms in total. The molecule has 1 aliphatic rings. The van der Waals surface area contributed by atoms with Gasteiger partial charge in [-0.3, -0.25) is 19.7 Å². The first-order valence-corrected chi connectivity index (χ1v) is 11.1. The molecule has 1 aromatic heterocycles. The van der Waals surface area contributed by atoms with Crippen LogP contribution in [0.2, 0.25) is 0 Å². The fourth-order valence-electron chi connectivity index (χ4n) is 3.97. The van der Waals surface area contributed by atoms with Crippen molar-refractivity contribution < 1.29 is 43.4 Å². The van der Waals surface area contributed by atoms with Crippen LogP contribution in [-0.2, 0) is 21.0 Å². The van der Waals surface area contributed by atoms with E-state index in [0.29, 0.717) is 12.8 Å². The Morgan fingerprint density at radius 1 is 1.14 bits per heavy atom. The molecule has 0 spiro atoms. The first kappa shape index (κ1) is 26.4. The van der Waals surface area contributed by atoms with Crippen molar-refractivity contribution in [3.05, 3.63) is 39.2 Å². The smallest absolute Gasteiger partial charge is 0.493 e. The van der Waals surface area contributed by atoms with E-state index in [1.807, 2.05) is 0 Å². The maximum atomic E-state index is 13.4. The third-order valence-electron chi connectivity index (χ3n) is 5.76. The Kier molecular flexibility index (Phi) is 8.40. The lowest BCUT2D eigenvalue weighted by molar-refractivity contribution is -0.385. The number of nitro groups is 1. The summed E-state index contributed by atoms with van der Waals surface area (Å²) < 4.78 is 20.2. The van der Waals surface area contributed by atoms with Crippen LogP contribution in [0, 0.1) is 16.0 Å². The number of benzene rings is 1. The molecule has 2 aromatic rings. The summed E-state index contributed by atoms with van der Waals surface area (Å²) in [7, 11) is 2.58. The van der Waals surface area contributed by atoms with E-state index >= 15 is 0 Å². The Morgan fingerprint density at radius 3 is 2.36 bits per heavy atom. The zero-order chi connectivity index (χ0) is 26.4. The minimum Gasteiger partial charge on any atom is -0.493 e. The highest BCUT2D eigenvalue weighted by Gasteiger charge is 2.32. The van der Waals surface area contributed by atoms with E-state index in [0.717, 1.165) is 36.2 Å². The lowest BCUT2D eigenvalue weighted by Gasteiger charge is -2.19. The minimum atomic E-state index is -1.63. The first-order chi connectivity index (χ1) is 17.2. The van der Waals surface area contributed by atoms with Crippen molar-refractivity contribution in [2.45, 2.75) is 51.9 Å². The van der Waals surface area contributed by atoms with E-state index in [1.165, 1.54) is 21.1 Å². The topological polar surface area (TPSA) is 182 Å². The normalized spacial score (nSPS) is 14.5. The van der Waals surface area contributed by atoms with Crippen LogP contribution >= 0.6 is 0 Å². The number of carboxylic acid groups (broad SMARTS) is 1. The highest BCUT2D eigenvalue weighted by molar-refractivity contribution is 6.11. The lowest BCUT2D eigenvalue weighted by atomic mass is 9.89. The van der Waals surface area contributed by atoms with Crippen molar-refractivity contribution in [1.29, 1.82) is 0 Å². The molecule has 1 fully saturated rings. The molecule has 1 unspecified atom stereocenters.